The fourth-order valence-corrected chi connectivity index (χ4v) is 2.67. The Morgan fingerprint density at radius 1 is 1.19 bits per heavy atom. The number of rotatable bonds is 3. The van der Waals surface area contributed by atoms with Crippen LogP contribution in [-0.4, -0.2) is 45.7 Å². The maximum Gasteiger partial charge on any atom is 0.234 e. The first kappa shape index (κ1) is 11.5. The van der Waals surface area contributed by atoms with E-state index >= 15 is 0 Å². The molecule has 90 valence electrons. The summed E-state index contributed by atoms with van der Waals surface area (Å²) in [4.78, 5) is 25.1. The van der Waals surface area contributed by atoms with Crippen LogP contribution in [0, 0.1) is 17.3 Å². The van der Waals surface area contributed by atoms with E-state index in [1.807, 2.05) is 13.8 Å². The van der Waals surface area contributed by atoms with Gasteiger partial charge in [0.1, 0.15) is 0 Å². The quantitative estimate of drug-likeness (QED) is 0.629. The monoisotopic (exact) mass is 227 g/mol. The summed E-state index contributed by atoms with van der Waals surface area (Å²) >= 11 is 0. The molecule has 0 spiro atoms. The molecule has 2 amide bonds. The third kappa shape index (κ3) is 1.13. The fourth-order valence-electron chi connectivity index (χ4n) is 2.67. The topological polar surface area (TPSA) is 77.8 Å². The Bertz CT molecular complexity index is 335. The molecule has 2 N–H and O–H groups in total. The zero-order chi connectivity index (χ0) is 12.3. The van der Waals surface area contributed by atoms with Gasteiger partial charge in [-0.2, -0.15) is 0 Å². The van der Waals surface area contributed by atoms with Crippen LogP contribution in [0.5, 0.6) is 0 Å². The van der Waals surface area contributed by atoms with E-state index in [-0.39, 0.29) is 29.1 Å². The van der Waals surface area contributed by atoms with Gasteiger partial charge in [0.15, 0.2) is 0 Å². The molecule has 2 atom stereocenters. The summed E-state index contributed by atoms with van der Waals surface area (Å²) in [7, 11) is 0. The number of imide groups is 1. The molecule has 0 aromatic carbocycles. The molecule has 1 heterocycles. The molecule has 2 unspecified atom stereocenters. The van der Waals surface area contributed by atoms with Crippen molar-refractivity contribution in [3.8, 4) is 0 Å². The molecule has 2 rings (SSSR count). The Kier molecular flexibility index (Phi) is 2.20. The summed E-state index contributed by atoms with van der Waals surface area (Å²) < 4.78 is 0. The van der Waals surface area contributed by atoms with E-state index in [0.29, 0.717) is 0 Å². The molecular formula is C11H17NO4. The smallest absolute Gasteiger partial charge is 0.234 e. The van der Waals surface area contributed by atoms with Crippen LogP contribution < -0.4 is 0 Å². The van der Waals surface area contributed by atoms with Gasteiger partial charge in [-0.05, 0) is 12.3 Å². The van der Waals surface area contributed by atoms with Crippen LogP contribution in [0.2, 0.25) is 0 Å². The van der Waals surface area contributed by atoms with Crippen molar-refractivity contribution < 1.29 is 19.8 Å². The summed E-state index contributed by atoms with van der Waals surface area (Å²) in [5.74, 6) is -1.05. The van der Waals surface area contributed by atoms with Crippen molar-refractivity contribution in [1.82, 2.24) is 4.90 Å². The van der Waals surface area contributed by atoms with Crippen molar-refractivity contribution in [3.63, 3.8) is 0 Å². The summed E-state index contributed by atoms with van der Waals surface area (Å²) in [6.07, 6.45) is 0. The first-order chi connectivity index (χ1) is 7.31. The van der Waals surface area contributed by atoms with Gasteiger partial charge in [-0.15, -0.1) is 0 Å². The van der Waals surface area contributed by atoms with Crippen LogP contribution in [0.3, 0.4) is 0 Å². The van der Waals surface area contributed by atoms with Crippen molar-refractivity contribution in [2.24, 2.45) is 17.3 Å². The number of piperidine rings is 1. The molecule has 0 aromatic rings. The predicted molar refractivity (Wildman–Crippen MR) is 55.2 cm³/mol. The predicted octanol–water partition coefficient (Wildman–Crippen LogP) is -0.629. The largest absolute Gasteiger partial charge is 0.394 e. The number of aliphatic hydroxyl groups excluding tert-OH is 2. The third-order valence-corrected chi connectivity index (χ3v) is 4.02. The highest BCUT2D eigenvalue weighted by Crippen LogP contribution is 2.64. The van der Waals surface area contributed by atoms with Gasteiger partial charge in [0, 0.05) is 0 Å². The van der Waals surface area contributed by atoms with Gasteiger partial charge >= 0.3 is 0 Å². The summed E-state index contributed by atoms with van der Waals surface area (Å²) in [5, 5.41) is 18.4. The second-order valence-corrected chi connectivity index (χ2v) is 5.60. The zero-order valence-corrected chi connectivity index (χ0v) is 9.73. The van der Waals surface area contributed by atoms with Crippen LogP contribution in [0.1, 0.15) is 20.8 Å². The molecule has 2 fully saturated rings. The van der Waals surface area contributed by atoms with E-state index in [2.05, 4.69) is 0 Å². The third-order valence-electron chi connectivity index (χ3n) is 4.02. The SMILES string of the molecule is CC1(C)C2C(=O)N(C(C)(CO)CO)C(=O)C21. The molecular weight excluding hydrogens is 210 g/mol. The minimum Gasteiger partial charge on any atom is -0.394 e. The Morgan fingerprint density at radius 2 is 1.56 bits per heavy atom. The van der Waals surface area contributed by atoms with E-state index in [4.69, 9.17) is 0 Å². The first-order valence-electron chi connectivity index (χ1n) is 5.41. The van der Waals surface area contributed by atoms with E-state index in [0.717, 1.165) is 4.90 Å². The number of hydrogen-bond acceptors (Lipinski definition) is 4. The van der Waals surface area contributed by atoms with Crippen molar-refractivity contribution in [2.45, 2.75) is 26.3 Å². The zero-order valence-electron chi connectivity index (χ0n) is 9.73. The number of likely N-dealkylation sites (tertiary alicyclic amines) is 1. The normalized spacial score (nSPS) is 31.9. The molecule has 1 aliphatic heterocycles. The minimum atomic E-state index is -1.17. The maximum atomic E-state index is 12.0. The van der Waals surface area contributed by atoms with E-state index in [1.54, 1.807) is 0 Å². The van der Waals surface area contributed by atoms with Crippen LogP contribution in [0.15, 0.2) is 0 Å². The highest BCUT2D eigenvalue weighted by atomic mass is 16.3. The molecule has 5 nitrogen and oxygen atoms in total. The number of hydrogen-bond donors (Lipinski definition) is 2. The fraction of sp³-hybridized carbons (Fsp3) is 0.818. The molecule has 2 aliphatic rings. The van der Waals surface area contributed by atoms with Crippen molar-refractivity contribution >= 4 is 11.8 Å². The van der Waals surface area contributed by atoms with Gasteiger partial charge in [-0.3, -0.25) is 14.5 Å². The van der Waals surface area contributed by atoms with Crippen molar-refractivity contribution in [1.29, 1.82) is 0 Å². The molecule has 16 heavy (non-hydrogen) atoms. The Hall–Kier alpha value is -0.940. The van der Waals surface area contributed by atoms with Gasteiger partial charge in [-0.25, -0.2) is 0 Å². The lowest BCUT2D eigenvalue weighted by Crippen LogP contribution is -2.56. The number of carbonyl (C=O) groups is 2. The average molecular weight is 227 g/mol. The van der Waals surface area contributed by atoms with Gasteiger partial charge < -0.3 is 10.2 Å². The molecule has 0 aromatic heterocycles. The Morgan fingerprint density at radius 3 is 1.88 bits per heavy atom. The van der Waals surface area contributed by atoms with Gasteiger partial charge in [-0.1, -0.05) is 13.8 Å². The Balaban J connectivity index is 2.29. The van der Waals surface area contributed by atoms with Crippen LogP contribution in [0.25, 0.3) is 0 Å². The molecule has 0 radical (unpaired) electrons. The number of aliphatic hydroxyl groups is 2. The maximum absolute atomic E-state index is 12.0. The summed E-state index contributed by atoms with van der Waals surface area (Å²) in [6, 6.07) is 0. The second-order valence-electron chi connectivity index (χ2n) is 5.60. The molecule has 1 saturated carbocycles. The van der Waals surface area contributed by atoms with E-state index in [9.17, 15) is 19.8 Å². The van der Waals surface area contributed by atoms with Gasteiger partial charge in [0.2, 0.25) is 11.8 Å². The van der Waals surface area contributed by atoms with Gasteiger partial charge in [0.25, 0.3) is 0 Å². The number of carbonyl (C=O) groups excluding carboxylic acids is 2. The summed E-state index contributed by atoms with van der Waals surface area (Å²) in [5.41, 5.74) is -1.42. The minimum absolute atomic E-state index is 0.253. The first-order valence-corrected chi connectivity index (χ1v) is 5.41. The van der Waals surface area contributed by atoms with Crippen LogP contribution >= 0.6 is 0 Å². The number of amides is 2. The Labute approximate surface area is 94.0 Å². The number of fused-ring (bicyclic) bond motifs is 1. The van der Waals surface area contributed by atoms with Crippen molar-refractivity contribution in [2.75, 3.05) is 13.2 Å². The second kappa shape index (κ2) is 3.05. The van der Waals surface area contributed by atoms with Crippen LogP contribution in [-0.2, 0) is 9.59 Å². The van der Waals surface area contributed by atoms with E-state index < -0.39 is 18.8 Å². The lowest BCUT2D eigenvalue weighted by molar-refractivity contribution is -0.154. The molecule has 5 heteroatoms. The highest BCUT2D eigenvalue weighted by Gasteiger charge is 2.74. The average Bonchev–Trinajstić information content (AvgIpc) is 2.67. The van der Waals surface area contributed by atoms with Crippen LogP contribution in [0.4, 0.5) is 0 Å². The summed E-state index contributed by atoms with van der Waals surface area (Å²) in [6.45, 7) is 4.47. The van der Waals surface area contributed by atoms with E-state index in [1.165, 1.54) is 6.92 Å². The van der Waals surface area contributed by atoms with Gasteiger partial charge in [0.05, 0.1) is 30.6 Å². The molecule has 0 bridgehead atoms. The highest BCUT2D eigenvalue weighted by molar-refractivity contribution is 6.11. The standard InChI is InChI=1S/C11H17NO4/c1-10(2)6-7(10)9(16)12(8(6)15)11(3,4-13)5-14/h6-7,13-14H,4-5H2,1-3H3. The number of nitrogens with zero attached hydrogens (tertiary/aromatic N) is 1. The molecule has 1 aliphatic carbocycles. The lowest BCUT2D eigenvalue weighted by atomic mass is 9.98. The molecule has 1 saturated heterocycles. The van der Waals surface area contributed by atoms with Crippen molar-refractivity contribution in [3.05, 3.63) is 0 Å². The lowest BCUT2D eigenvalue weighted by Gasteiger charge is -2.36.